The van der Waals surface area contributed by atoms with Gasteiger partial charge in [-0.05, 0) is 11.3 Å². The van der Waals surface area contributed by atoms with Gasteiger partial charge in [-0.15, -0.1) is 0 Å². The van der Waals surface area contributed by atoms with Crippen molar-refractivity contribution >= 4 is 28.8 Å². The zero-order valence-corrected chi connectivity index (χ0v) is 15.6. The first-order valence-electron chi connectivity index (χ1n) is 7.21. The van der Waals surface area contributed by atoms with Crippen LogP contribution < -0.4 is 0 Å². The van der Waals surface area contributed by atoms with Crippen LogP contribution >= 0.6 is 11.8 Å². The molecule has 0 saturated heterocycles. The van der Waals surface area contributed by atoms with Crippen LogP contribution in [0.4, 0.5) is 0 Å². The predicted molar refractivity (Wildman–Crippen MR) is 87.4 cm³/mol. The molecule has 0 rings (SSSR count). The Bertz CT molecular complexity index is 401. The van der Waals surface area contributed by atoms with Gasteiger partial charge in [-0.25, -0.2) is 0 Å². The number of carbonyl (C=O) groups is 3. The number of rotatable bonds is 5. The lowest BCUT2D eigenvalue weighted by molar-refractivity contribution is -0.164. The highest BCUT2D eigenvalue weighted by atomic mass is 32.2. The second-order valence-corrected chi connectivity index (χ2v) is 9.17. The zero-order valence-electron chi connectivity index (χ0n) is 14.8. The summed E-state index contributed by atoms with van der Waals surface area (Å²) in [4.78, 5) is 36.4. The number of thioether (sulfide) groups is 1. The molecule has 0 aromatic carbocycles. The van der Waals surface area contributed by atoms with E-state index in [2.05, 4.69) is 0 Å². The van der Waals surface area contributed by atoms with E-state index >= 15 is 0 Å². The smallest absolute Gasteiger partial charge is 0.320 e. The molecule has 1 atom stereocenters. The highest BCUT2D eigenvalue weighted by molar-refractivity contribution is 8.14. The molecule has 0 aromatic heterocycles. The molecule has 0 spiro atoms. The highest BCUT2D eigenvalue weighted by Gasteiger charge is 2.44. The lowest BCUT2D eigenvalue weighted by atomic mass is 9.71. The zero-order chi connectivity index (χ0) is 17.7. The van der Waals surface area contributed by atoms with Gasteiger partial charge in [-0.3, -0.25) is 14.4 Å². The fraction of sp³-hybridized carbons (Fsp3) is 0.812. The molecule has 22 heavy (non-hydrogen) atoms. The third kappa shape index (κ3) is 6.81. The van der Waals surface area contributed by atoms with Crippen molar-refractivity contribution in [3.8, 4) is 0 Å². The second-order valence-electron chi connectivity index (χ2n) is 7.29. The van der Waals surface area contributed by atoms with Gasteiger partial charge in [0.15, 0.2) is 11.0 Å². The van der Waals surface area contributed by atoms with Gasteiger partial charge in [0, 0.05) is 11.2 Å². The summed E-state index contributed by atoms with van der Waals surface area (Å²) in [6.07, 6.45) is 0.111. The number of hydrogen-bond acceptors (Lipinski definition) is 6. The van der Waals surface area contributed by atoms with Crippen molar-refractivity contribution in [1.29, 1.82) is 0 Å². The average molecular weight is 332 g/mol. The van der Waals surface area contributed by atoms with Gasteiger partial charge >= 0.3 is 11.9 Å². The van der Waals surface area contributed by atoms with Crippen molar-refractivity contribution in [3.05, 3.63) is 0 Å². The Hall–Kier alpha value is -1.04. The van der Waals surface area contributed by atoms with Crippen LogP contribution in [0.1, 0.15) is 48.0 Å². The molecule has 0 heterocycles. The van der Waals surface area contributed by atoms with Crippen LogP contribution in [0.25, 0.3) is 0 Å². The Labute approximate surface area is 137 Å². The van der Waals surface area contributed by atoms with Crippen LogP contribution in [0.5, 0.6) is 0 Å². The van der Waals surface area contributed by atoms with Crippen molar-refractivity contribution in [2.75, 3.05) is 14.2 Å². The number of methoxy groups -OCH3 is 2. The standard InChI is InChI=1S/C16H28O5S/c1-15(2,3)10(9-11(17)22-16(4,5)6)12(13(18)20-7)14(19)21-8/h10,12H,9H2,1-8H3/t10-/m1/s1. The van der Waals surface area contributed by atoms with Crippen molar-refractivity contribution in [1.82, 2.24) is 0 Å². The van der Waals surface area contributed by atoms with Crippen LogP contribution in [0.2, 0.25) is 0 Å². The fourth-order valence-corrected chi connectivity index (χ4v) is 3.11. The summed E-state index contributed by atoms with van der Waals surface area (Å²) in [6, 6.07) is 0. The van der Waals surface area contributed by atoms with Gasteiger partial charge in [0.25, 0.3) is 0 Å². The molecule has 5 nitrogen and oxygen atoms in total. The predicted octanol–water partition coefficient (Wildman–Crippen LogP) is 3.06. The largest absolute Gasteiger partial charge is 0.468 e. The van der Waals surface area contributed by atoms with E-state index in [1.54, 1.807) is 0 Å². The monoisotopic (exact) mass is 332 g/mol. The first-order valence-corrected chi connectivity index (χ1v) is 8.02. The molecular weight excluding hydrogens is 304 g/mol. The number of carbonyl (C=O) groups excluding carboxylic acids is 3. The normalized spacial score (nSPS) is 13.7. The lowest BCUT2D eigenvalue weighted by Crippen LogP contribution is -2.40. The van der Waals surface area contributed by atoms with Crippen molar-refractivity contribution in [3.63, 3.8) is 0 Å². The number of hydrogen-bond donors (Lipinski definition) is 0. The fourth-order valence-electron chi connectivity index (χ4n) is 2.17. The SMILES string of the molecule is COC(=O)C(C(=O)OC)[C@@H](CC(=O)SC(C)(C)C)C(C)(C)C. The van der Waals surface area contributed by atoms with Crippen LogP contribution in [0.15, 0.2) is 0 Å². The molecule has 0 saturated carbocycles. The topological polar surface area (TPSA) is 69.7 Å². The first kappa shape index (κ1) is 21.0. The lowest BCUT2D eigenvalue weighted by Gasteiger charge is -2.34. The summed E-state index contributed by atoms with van der Waals surface area (Å²) in [6.45, 7) is 11.5. The molecule has 128 valence electrons. The summed E-state index contributed by atoms with van der Waals surface area (Å²) in [5.41, 5.74) is -0.429. The molecule has 0 fully saturated rings. The Balaban J connectivity index is 5.46. The van der Waals surface area contributed by atoms with Crippen LogP contribution in [0.3, 0.4) is 0 Å². The van der Waals surface area contributed by atoms with E-state index in [1.165, 1.54) is 26.0 Å². The maximum atomic E-state index is 12.3. The van der Waals surface area contributed by atoms with E-state index in [4.69, 9.17) is 9.47 Å². The molecule has 0 aromatic rings. The summed E-state index contributed by atoms with van der Waals surface area (Å²) in [5, 5.41) is -0.0507. The molecule has 0 aliphatic heterocycles. The molecule has 0 amide bonds. The van der Waals surface area contributed by atoms with Crippen molar-refractivity contribution in [2.45, 2.75) is 52.7 Å². The number of ether oxygens (including phenoxy) is 2. The first-order chi connectivity index (χ1) is 9.83. The van der Waals surface area contributed by atoms with E-state index < -0.39 is 29.2 Å². The summed E-state index contributed by atoms with van der Waals surface area (Å²) >= 11 is 1.21. The molecule has 0 bridgehead atoms. The Morgan fingerprint density at radius 1 is 0.909 bits per heavy atom. The van der Waals surface area contributed by atoms with E-state index in [0.717, 1.165) is 0 Å². The Kier molecular flexibility index (Phi) is 7.62. The van der Waals surface area contributed by atoms with Crippen LogP contribution in [-0.4, -0.2) is 36.0 Å². The maximum Gasteiger partial charge on any atom is 0.320 e. The highest BCUT2D eigenvalue weighted by Crippen LogP contribution is 2.39. The van der Waals surface area contributed by atoms with E-state index in [1.807, 2.05) is 41.5 Å². The number of esters is 2. The minimum absolute atomic E-state index is 0.0507. The van der Waals surface area contributed by atoms with Gasteiger partial charge in [-0.2, -0.15) is 0 Å². The third-order valence-corrected chi connectivity index (χ3v) is 4.24. The van der Waals surface area contributed by atoms with E-state index in [-0.39, 0.29) is 16.3 Å². The molecule has 6 heteroatoms. The van der Waals surface area contributed by atoms with E-state index in [9.17, 15) is 14.4 Å². The quantitative estimate of drug-likeness (QED) is 0.569. The van der Waals surface area contributed by atoms with Gasteiger partial charge < -0.3 is 9.47 Å². The van der Waals surface area contributed by atoms with E-state index in [0.29, 0.717) is 0 Å². The van der Waals surface area contributed by atoms with Crippen LogP contribution in [0, 0.1) is 17.3 Å². The summed E-state index contributed by atoms with van der Waals surface area (Å²) in [7, 11) is 2.45. The third-order valence-electron chi connectivity index (χ3n) is 3.23. The summed E-state index contributed by atoms with van der Waals surface area (Å²) < 4.78 is 9.26. The Morgan fingerprint density at radius 3 is 1.59 bits per heavy atom. The minimum Gasteiger partial charge on any atom is -0.468 e. The van der Waals surface area contributed by atoms with Crippen molar-refractivity contribution < 1.29 is 23.9 Å². The molecular formula is C16H28O5S. The molecule has 0 N–H and O–H groups in total. The molecule has 0 aliphatic carbocycles. The average Bonchev–Trinajstić information content (AvgIpc) is 2.33. The van der Waals surface area contributed by atoms with Crippen LogP contribution in [-0.2, 0) is 23.9 Å². The molecule has 0 radical (unpaired) electrons. The summed E-state index contributed by atoms with van der Waals surface area (Å²) in [5.74, 6) is -2.92. The second kappa shape index (κ2) is 7.99. The minimum atomic E-state index is -1.10. The van der Waals surface area contributed by atoms with Gasteiger partial charge in [0.2, 0.25) is 0 Å². The molecule has 0 unspecified atom stereocenters. The Morgan fingerprint density at radius 2 is 1.32 bits per heavy atom. The van der Waals surface area contributed by atoms with Gasteiger partial charge in [-0.1, -0.05) is 53.3 Å². The van der Waals surface area contributed by atoms with Crippen molar-refractivity contribution in [2.24, 2.45) is 17.3 Å². The maximum absolute atomic E-state index is 12.3. The van der Waals surface area contributed by atoms with Gasteiger partial charge in [0.05, 0.1) is 14.2 Å². The molecule has 0 aliphatic rings. The van der Waals surface area contributed by atoms with Gasteiger partial charge in [0.1, 0.15) is 0 Å².